The largest absolute Gasteiger partial charge is 0.433 e. The van der Waals surface area contributed by atoms with Gasteiger partial charge in [0.05, 0.1) is 5.52 Å². The molecule has 3 rings (SSSR count). The number of anilines is 1. The van der Waals surface area contributed by atoms with Crippen molar-refractivity contribution in [1.29, 1.82) is 0 Å². The van der Waals surface area contributed by atoms with Crippen molar-refractivity contribution in [3.05, 3.63) is 59.1 Å². The van der Waals surface area contributed by atoms with E-state index in [1.165, 1.54) is 12.3 Å². The molecule has 1 N–H and O–H groups in total. The second-order valence-electron chi connectivity index (χ2n) is 4.76. The topological polar surface area (TPSA) is 50.7 Å². The molecule has 0 bridgehead atoms. The van der Waals surface area contributed by atoms with E-state index in [0.717, 1.165) is 11.5 Å². The summed E-state index contributed by atoms with van der Waals surface area (Å²) in [6.45, 7) is 0.266. The lowest BCUT2D eigenvalue weighted by molar-refractivity contribution is -0.141. The van der Waals surface area contributed by atoms with Crippen molar-refractivity contribution >= 4 is 28.3 Å². The van der Waals surface area contributed by atoms with Crippen LogP contribution in [-0.2, 0) is 12.7 Å². The zero-order valence-corrected chi connectivity index (χ0v) is 12.4. The Kier molecular flexibility index (Phi) is 4.04. The third kappa shape index (κ3) is 3.50. The molecule has 4 nitrogen and oxygen atoms in total. The number of nitrogens with one attached hydrogen (secondary N) is 1. The number of para-hydroxylation sites is 1. The Hall–Kier alpha value is -2.41. The molecule has 0 fully saturated rings. The van der Waals surface area contributed by atoms with Crippen LogP contribution in [0.15, 0.2) is 42.6 Å². The van der Waals surface area contributed by atoms with Gasteiger partial charge >= 0.3 is 6.18 Å². The number of hydrogen-bond donors (Lipinski definition) is 1. The van der Waals surface area contributed by atoms with E-state index in [0.29, 0.717) is 16.9 Å². The molecule has 0 aliphatic rings. The van der Waals surface area contributed by atoms with Gasteiger partial charge in [0.1, 0.15) is 11.5 Å². The molecule has 118 valence electrons. The SMILES string of the molecule is FC(F)(F)c1ccc(CNc2nc(Cl)nc3ccccc23)cn1. The molecule has 3 aromatic rings. The molecule has 23 heavy (non-hydrogen) atoms. The molecule has 0 atom stereocenters. The highest BCUT2D eigenvalue weighted by Crippen LogP contribution is 2.27. The molecule has 0 unspecified atom stereocenters. The van der Waals surface area contributed by atoms with Crippen LogP contribution in [0.25, 0.3) is 10.9 Å². The number of rotatable bonds is 3. The van der Waals surface area contributed by atoms with Crippen LogP contribution in [0.5, 0.6) is 0 Å². The van der Waals surface area contributed by atoms with E-state index in [1.54, 1.807) is 6.07 Å². The van der Waals surface area contributed by atoms with Gasteiger partial charge in [-0.2, -0.15) is 13.2 Å². The summed E-state index contributed by atoms with van der Waals surface area (Å²) in [5.74, 6) is 0.514. The number of fused-ring (bicyclic) bond motifs is 1. The van der Waals surface area contributed by atoms with Crippen LogP contribution >= 0.6 is 11.6 Å². The van der Waals surface area contributed by atoms with Crippen molar-refractivity contribution in [3.63, 3.8) is 0 Å². The summed E-state index contributed by atoms with van der Waals surface area (Å²) in [6, 6.07) is 9.61. The van der Waals surface area contributed by atoms with Gasteiger partial charge in [0.2, 0.25) is 5.28 Å². The second kappa shape index (κ2) is 6.00. The van der Waals surface area contributed by atoms with Crippen molar-refractivity contribution in [2.75, 3.05) is 5.32 Å². The lowest BCUT2D eigenvalue weighted by Crippen LogP contribution is -2.09. The molecule has 0 amide bonds. The fourth-order valence-corrected chi connectivity index (χ4v) is 2.24. The Morgan fingerprint density at radius 2 is 1.83 bits per heavy atom. The molecule has 2 heterocycles. The Morgan fingerprint density at radius 3 is 2.52 bits per heavy atom. The van der Waals surface area contributed by atoms with Crippen LogP contribution in [0.1, 0.15) is 11.3 Å². The maximum Gasteiger partial charge on any atom is 0.433 e. The molecule has 2 aromatic heterocycles. The maximum atomic E-state index is 12.5. The third-order valence-electron chi connectivity index (χ3n) is 3.15. The van der Waals surface area contributed by atoms with E-state index in [-0.39, 0.29) is 11.8 Å². The van der Waals surface area contributed by atoms with Crippen molar-refractivity contribution in [1.82, 2.24) is 15.0 Å². The second-order valence-corrected chi connectivity index (χ2v) is 5.10. The summed E-state index contributed by atoms with van der Waals surface area (Å²) in [5, 5.41) is 3.92. The van der Waals surface area contributed by atoms with Crippen LogP contribution < -0.4 is 5.32 Å². The Morgan fingerprint density at radius 1 is 1.04 bits per heavy atom. The Labute approximate surface area is 134 Å². The molecule has 0 aliphatic carbocycles. The number of halogens is 4. The minimum absolute atomic E-state index is 0.0942. The zero-order valence-electron chi connectivity index (χ0n) is 11.6. The van der Waals surface area contributed by atoms with E-state index >= 15 is 0 Å². The first-order valence-electron chi connectivity index (χ1n) is 6.62. The summed E-state index contributed by atoms with van der Waals surface area (Å²) in [7, 11) is 0. The first-order valence-corrected chi connectivity index (χ1v) is 6.99. The number of benzene rings is 1. The smallest absolute Gasteiger partial charge is 0.365 e. The maximum absolute atomic E-state index is 12.5. The summed E-state index contributed by atoms with van der Waals surface area (Å²) in [4.78, 5) is 11.6. The van der Waals surface area contributed by atoms with Crippen LogP contribution in [0.4, 0.5) is 19.0 Å². The summed E-state index contributed by atoms with van der Waals surface area (Å²) in [6.07, 6.45) is -3.26. The molecule has 0 saturated heterocycles. The van der Waals surface area contributed by atoms with Crippen LogP contribution in [-0.4, -0.2) is 15.0 Å². The highest BCUT2D eigenvalue weighted by molar-refractivity contribution is 6.28. The van der Waals surface area contributed by atoms with Gasteiger partial charge in [0.15, 0.2) is 0 Å². The van der Waals surface area contributed by atoms with Gasteiger partial charge in [0.25, 0.3) is 0 Å². The number of aromatic nitrogens is 3. The number of pyridine rings is 1. The standard InChI is InChI=1S/C15H10ClF3N4/c16-14-22-11-4-2-1-3-10(11)13(23-14)21-8-9-5-6-12(20-7-9)15(17,18)19/h1-7H,8H2,(H,21,22,23). The van der Waals surface area contributed by atoms with Gasteiger partial charge in [-0.05, 0) is 35.4 Å². The fourth-order valence-electron chi connectivity index (χ4n) is 2.07. The number of alkyl halides is 3. The predicted octanol–water partition coefficient (Wildman–Crippen LogP) is 4.31. The van der Waals surface area contributed by atoms with Gasteiger partial charge < -0.3 is 5.32 Å². The zero-order chi connectivity index (χ0) is 16.4. The predicted molar refractivity (Wildman–Crippen MR) is 81.1 cm³/mol. The van der Waals surface area contributed by atoms with Crippen molar-refractivity contribution in [3.8, 4) is 0 Å². The van der Waals surface area contributed by atoms with Gasteiger partial charge in [-0.1, -0.05) is 18.2 Å². The molecule has 0 aliphatic heterocycles. The summed E-state index contributed by atoms with van der Waals surface area (Å²) < 4.78 is 37.4. The molecular weight excluding hydrogens is 329 g/mol. The van der Waals surface area contributed by atoms with Gasteiger partial charge in [-0.3, -0.25) is 4.98 Å². The first-order chi connectivity index (χ1) is 10.9. The molecule has 0 saturated carbocycles. The average molecular weight is 339 g/mol. The summed E-state index contributed by atoms with van der Waals surface area (Å²) >= 11 is 5.88. The monoisotopic (exact) mass is 338 g/mol. The van der Waals surface area contributed by atoms with E-state index < -0.39 is 11.9 Å². The summed E-state index contributed by atoms with van der Waals surface area (Å²) in [5.41, 5.74) is 0.356. The normalized spacial score (nSPS) is 11.7. The van der Waals surface area contributed by atoms with Crippen LogP contribution in [0, 0.1) is 0 Å². The molecule has 0 radical (unpaired) electrons. The highest BCUT2D eigenvalue weighted by Gasteiger charge is 2.31. The number of nitrogens with zero attached hydrogens (tertiary/aromatic N) is 3. The fraction of sp³-hybridized carbons (Fsp3) is 0.133. The van der Waals surface area contributed by atoms with E-state index in [9.17, 15) is 13.2 Å². The Bertz CT molecular complexity index is 834. The quantitative estimate of drug-likeness (QED) is 0.723. The molecular formula is C15H10ClF3N4. The van der Waals surface area contributed by atoms with Gasteiger partial charge in [-0.15, -0.1) is 0 Å². The molecule has 1 aromatic carbocycles. The van der Waals surface area contributed by atoms with Crippen molar-refractivity contribution in [2.45, 2.75) is 12.7 Å². The minimum atomic E-state index is -4.44. The first kappa shape index (κ1) is 15.5. The van der Waals surface area contributed by atoms with Crippen LogP contribution in [0.2, 0.25) is 5.28 Å². The van der Waals surface area contributed by atoms with E-state index in [4.69, 9.17) is 11.6 Å². The van der Waals surface area contributed by atoms with E-state index in [1.807, 2.05) is 18.2 Å². The third-order valence-corrected chi connectivity index (χ3v) is 3.32. The average Bonchev–Trinajstić information content (AvgIpc) is 2.52. The molecule has 8 heteroatoms. The van der Waals surface area contributed by atoms with Crippen molar-refractivity contribution in [2.24, 2.45) is 0 Å². The van der Waals surface area contributed by atoms with Gasteiger partial charge in [-0.25, -0.2) is 9.97 Å². The van der Waals surface area contributed by atoms with Gasteiger partial charge in [0, 0.05) is 18.1 Å². The highest BCUT2D eigenvalue weighted by atomic mass is 35.5. The van der Waals surface area contributed by atoms with Crippen molar-refractivity contribution < 1.29 is 13.2 Å². The molecule has 0 spiro atoms. The minimum Gasteiger partial charge on any atom is -0.365 e. The number of hydrogen-bond acceptors (Lipinski definition) is 4. The lowest BCUT2D eigenvalue weighted by atomic mass is 10.2. The van der Waals surface area contributed by atoms with E-state index in [2.05, 4.69) is 20.3 Å². The Balaban J connectivity index is 1.81. The van der Waals surface area contributed by atoms with Crippen LogP contribution in [0.3, 0.4) is 0 Å². The lowest BCUT2D eigenvalue weighted by Gasteiger charge is -2.10.